The van der Waals surface area contributed by atoms with E-state index in [1.165, 1.54) is 0 Å². The molecule has 0 aliphatic heterocycles. The molecule has 0 aromatic carbocycles. The molecule has 3 heteroatoms. The van der Waals surface area contributed by atoms with Gasteiger partial charge < -0.3 is 5.11 Å². The van der Waals surface area contributed by atoms with Crippen LogP contribution >= 0.6 is 12.2 Å². The normalized spacial score (nSPS) is 47.4. The third kappa shape index (κ3) is 1.13. The van der Waals surface area contributed by atoms with E-state index in [2.05, 4.69) is 22.4 Å². The minimum Gasteiger partial charge on any atom is -0.393 e. The Bertz CT molecular complexity index is 210. The van der Waals surface area contributed by atoms with E-state index in [4.69, 9.17) is 0 Å². The van der Waals surface area contributed by atoms with Gasteiger partial charge in [0.2, 0.25) is 0 Å². The standard InChI is InChI=1S/C8H11NOS/c10-8-3-5-1-6(8)2-7(5)9-4-11/h5-8,10H,1-3H2/t5-,6-,7-,8+/m1/s1. The zero-order chi connectivity index (χ0) is 7.84. The Kier molecular flexibility index (Phi) is 1.80. The molecule has 0 spiro atoms. The largest absolute Gasteiger partial charge is 0.393 e. The lowest BCUT2D eigenvalue weighted by Gasteiger charge is -2.20. The van der Waals surface area contributed by atoms with Crippen LogP contribution in [0.4, 0.5) is 0 Å². The van der Waals surface area contributed by atoms with Crippen LogP contribution in [0.25, 0.3) is 0 Å². The van der Waals surface area contributed by atoms with Gasteiger partial charge in [-0.05, 0) is 43.3 Å². The van der Waals surface area contributed by atoms with Crippen LogP contribution in [-0.4, -0.2) is 22.4 Å². The van der Waals surface area contributed by atoms with Crippen molar-refractivity contribution in [2.75, 3.05) is 0 Å². The van der Waals surface area contributed by atoms with Gasteiger partial charge in [-0.1, -0.05) is 0 Å². The highest BCUT2D eigenvalue weighted by atomic mass is 32.1. The average molecular weight is 169 g/mol. The van der Waals surface area contributed by atoms with Gasteiger partial charge in [-0.15, -0.1) is 0 Å². The van der Waals surface area contributed by atoms with Gasteiger partial charge in [0.15, 0.2) is 0 Å². The summed E-state index contributed by atoms with van der Waals surface area (Å²) in [5.74, 6) is 1.09. The number of rotatable bonds is 1. The molecule has 2 bridgehead atoms. The molecule has 60 valence electrons. The number of aliphatic hydroxyl groups excluding tert-OH is 1. The third-order valence-electron chi connectivity index (χ3n) is 3.00. The molecule has 2 rings (SSSR count). The van der Waals surface area contributed by atoms with Gasteiger partial charge in [0.25, 0.3) is 0 Å². The molecule has 0 radical (unpaired) electrons. The van der Waals surface area contributed by atoms with Crippen LogP contribution in [0.2, 0.25) is 0 Å². The van der Waals surface area contributed by atoms with Gasteiger partial charge >= 0.3 is 0 Å². The highest BCUT2D eigenvalue weighted by molar-refractivity contribution is 7.78. The smallest absolute Gasteiger partial charge is 0.0635 e. The average Bonchev–Trinajstić information content (AvgIpc) is 2.47. The molecule has 2 fully saturated rings. The summed E-state index contributed by atoms with van der Waals surface area (Å²) < 4.78 is 0. The Balaban J connectivity index is 2.08. The van der Waals surface area contributed by atoms with E-state index in [9.17, 15) is 5.11 Å². The van der Waals surface area contributed by atoms with Crippen molar-refractivity contribution in [1.82, 2.24) is 0 Å². The Morgan fingerprint density at radius 1 is 1.27 bits per heavy atom. The van der Waals surface area contributed by atoms with Gasteiger partial charge in [-0.25, -0.2) is 4.99 Å². The minimum atomic E-state index is -0.0587. The maximum Gasteiger partial charge on any atom is 0.0635 e. The first kappa shape index (κ1) is 7.41. The molecule has 0 unspecified atom stereocenters. The molecule has 0 aromatic rings. The lowest BCUT2D eigenvalue weighted by Crippen LogP contribution is -2.23. The van der Waals surface area contributed by atoms with E-state index in [1.807, 2.05) is 0 Å². The van der Waals surface area contributed by atoms with Gasteiger partial charge in [-0.3, -0.25) is 0 Å². The highest BCUT2D eigenvalue weighted by Gasteiger charge is 2.44. The quantitative estimate of drug-likeness (QED) is 0.473. The molecule has 1 N–H and O–H groups in total. The summed E-state index contributed by atoms with van der Waals surface area (Å²) in [4.78, 5) is 4.09. The van der Waals surface area contributed by atoms with E-state index < -0.39 is 0 Å². The highest BCUT2D eigenvalue weighted by Crippen LogP contribution is 2.45. The molecule has 2 saturated carbocycles. The molecule has 0 amide bonds. The first-order chi connectivity index (χ1) is 5.31. The van der Waals surface area contributed by atoms with E-state index in [0.29, 0.717) is 17.9 Å². The van der Waals surface area contributed by atoms with E-state index >= 15 is 0 Å². The van der Waals surface area contributed by atoms with Crippen LogP contribution in [0.3, 0.4) is 0 Å². The van der Waals surface area contributed by atoms with Gasteiger partial charge in [-0.2, -0.15) is 0 Å². The summed E-state index contributed by atoms with van der Waals surface area (Å²) in [6.45, 7) is 0. The van der Waals surface area contributed by atoms with Crippen molar-refractivity contribution in [1.29, 1.82) is 0 Å². The van der Waals surface area contributed by atoms with Crippen LogP contribution in [0.1, 0.15) is 19.3 Å². The number of isothiocyanates is 1. The number of fused-ring (bicyclic) bond motifs is 2. The van der Waals surface area contributed by atoms with Crippen LogP contribution < -0.4 is 0 Å². The van der Waals surface area contributed by atoms with E-state index in [1.54, 1.807) is 0 Å². The fourth-order valence-corrected chi connectivity index (χ4v) is 2.58. The SMILES string of the molecule is O[C@H]1C[C@H]2C[C@@H]1C[C@H]2N=C=S. The predicted octanol–water partition coefficient (Wildman–Crippen LogP) is 1.25. The van der Waals surface area contributed by atoms with Crippen molar-refractivity contribution in [2.24, 2.45) is 16.8 Å². The minimum absolute atomic E-state index is 0.0587. The second kappa shape index (κ2) is 2.67. The van der Waals surface area contributed by atoms with Crippen molar-refractivity contribution in [2.45, 2.75) is 31.4 Å². The van der Waals surface area contributed by atoms with Crippen LogP contribution in [0, 0.1) is 11.8 Å². The van der Waals surface area contributed by atoms with Crippen LogP contribution in [0.5, 0.6) is 0 Å². The summed E-state index contributed by atoms with van der Waals surface area (Å²) in [7, 11) is 0. The fourth-order valence-electron chi connectivity index (χ4n) is 2.44. The Labute approximate surface area is 71.3 Å². The zero-order valence-corrected chi connectivity index (χ0v) is 7.05. The Morgan fingerprint density at radius 3 is 2.55 bits per heavy atom. The van der Waals surface area contributed by atoms with Gasteiger partial charge in [0.1, 0.15) is 0 Å². The number of nitrogens with zero attached hydrogens (tertiary/aromatic N) is 1. The molecule has 2 aliphatic rings. The molecule has 0 heterocycles. The molecule has 2 nitrogen and oxygen atoms in total. The summed E-state index contributed by atoms with van der Waals surface area (Å²) >= 11 is 4.55. The lowest BCUT2D eigenvalue weighted by atomic mass is 9.94. The summed E-state index contributed by atoms with van der Waals surface area (Å²) in [6, 6.07) is 0.376. The van der Waals surface area contributed by atoms with Gasteiger partial charge in [0.05, 0.1) is 17.3 Å². The molecule has 4 atom stereocenters. The molecule has 11 heavy (non-hydrogen) atoms. The van der Waals surface area contributed by atoms with E-state index in [0.717, 1.165) is 19.3 Å². The van der Waals surface area contributed by atoms with Crippen molar-refractivity contribution in [3.8, 4) is 0 Å². The van der Waals surface area contributed by atoms with Crippen molar-refractivity contribution in [3.63, 3.8) is 0 Å². The monoisotopic (exact) mass is 169 g/mol. The molecule has 2 aliphatic carbocycles. The maximum atomic E-state index is 9.42. The molecular formula is C8H11NOS. The number of hydrogen-bond acceptors (Lipinski definition) is 3. The van der Waals surface area contributed by atoms with Crippen molar-refractivity contribution >= 4 is 17.4 Å². The number of aliphatic hydroxyl groups is 1. The Morgan fingerprint density at radius 2 is 2.09 bits per heavy atom. The summed E-state index contributed by atoms with van der Waals surface area (Å²) in [6.07, 6.45) is 3.04. The van der Waals surface area contributed by atoms with E-state index in [-0.39, 0.29) is 6.10 Å². The molecular weight excluding hydrogens is 158 g/mol. The first-order valence-corrected chi connectivity index (χ1v) is 4.47. The lowest BCUT2D eigenvalue weighted by molar-refractivity contribution is 0.108. The molecule has 0 saturated heterocycles. The first-order valence-electron chi connectivity index (χ1n) is 4.06. The summed E-state index contributed by atoms with van der Waals surface area (Å²) in [5, 5.41) is 11.9. The second-order valence-electron chi connectivity index (χ2n) is 3.58. The maximum absolute atomic E-state index is 9.42. The Hall–Kier alpha value is -0.240. The topological polar surface area (TPSA) is 32.6 Å². The third-order valence-corrected chi connectivity index (χ3v) is 3.11. The van der Waals surface area contributed by atoms with Crippen molar-refractivity contribution in [3.05, 3.63) is 0 Å². The number of thiocarbonyl (C=S) groups is 1. The molecule has 0 aromatic heterocycles. The summed E-state index contributed by atoms with van der Waals surface area (Å²) in [5.41, 5.74) is 0. The van der Waals surface area contributed by atoms with Gasteiger partial charge in [0, 0.05) is 0 Å². The van der Waals surface area contributed by atoms with Crippen molar-refractivity contribution < 1.29 is 5.11 Å². The zero-order valence-electron chi connectivity index (χ0n) is 6.23. The number of hydrogen-bond donors (Lipinski definition) is 1. The second-order valence-corrected chi connectivity index (χ2v) is 3.76. The fraction of sp³-hybridized carbons (Fsp3) is 0.875. The number of aliphatic imine (C=N–C) groups is 1. The van der Waals surface area contributed by atoms with Crippen LogP contribution in [-0.2, 0) is 0 Å². The predicted molar refractivity (Wildman–Crippen MR) is 45.7 cm³/mol. The van der Waals surface area contributed by atoms with Crippen LogP contribution in [0.15, 0.2) is 4.99 Å².